The minimum Gasteiger partial charge on any atom is -0.481 e. The molecule has 1 aliphatic heterocycles. The van der Waals surface area contributed by atoms with Gasteiger partial charge in [0.05, 0.1) is 11.5 Å². The summed E-state index contributed by atoms with van der Waals surface area (Å²) < 4.78 is 5.53. The van der Waals surface area contributed by atoms with Crippen molar-refractivity contribution in [2.75, 3.05) is 23.3 Å². The van der Waals surface area contributed by atoms with E-state index in [0.29, 0.717) is 42.9 Å². The van der Waals surface area contributed by atoms with E-state index < -0.39 is 5.97 Å². The van der Waals surface area contributed by atoms with Crippen molar-refractivity contribution in [1.82, 2.24) is 9.97 Å². The first-order valence-corrected chi connectivity index (χ1v) is 10.0. The van der Waals surface area contributed by atoms with Crippen LogP contribution in [0.3, 0.4) is 0 Å². The van der Waals surface area contributed by atoms with E-state index in [1.54, 1.807) is 12.1 Å². The fraction of sp³-hybridized carbons (Fsp3) is 0.217. The van der Waals surface area contributed by atoms with Crippen LogP contribution < -0.4 is 15.0 Å². The van der Waals surface area contributed by atoms with Crippen LogP contribution in [0, 0.1) is 5.92 Å². The van der Waals surface area contributed by atoms with Gasteiger partial charge in [0, 0.05) is 36.9 Å². The molecule has 1 aliphatic rings. The SMILES string of the molecule is O=C(Nc1ccc(N2CCC(C(=O)O)CC2)cc1)c1cnc(Oc2ccccc2)nc1. The molecule has 8 heteroatoms. The van der Waals surface area contributed by atoms with Crippen molar-refractivity contribution in [3.05, 3.63) is 72.6 Å². The van der Waals surface area contributed by atoms with Crippen molar-refractivity contribution in [2.45, 2.75) is 12.8 Å². The molecule has 1 fully saturated rings. The van der Waals surface area contributed by atoms with Gasteiger partial charge in [-0.05, 0) is 49.2 Å². The van der Waals surface area contributed by atoms with Gasteiger partial charge in [-0.3, -0.25) is 9.59 Å². The van der Waals surface area contributed by atoms with Gasteiger partial charge < -0.3 is 20.1 Å². The number of carbonyl (C=O) groups is 2. The Morgan fingerprint density at radius 3 is 2.23 bits per heavy atom. The lowest BCUT2D eigenvalue weighted by molar-refractivity contribution is -0.142. The lowest BCUT2D eigenvalue weighted by atomic mass is 9.97. The van der Waals surface area contributed by atoms with Gasteiger partial charge in [0.1, 0.15) is 5.75 Å². The number of nitrogens with zero attached hydrogens (tertiary/aromatic N) is 3. The van der Waals surface area contributed by atoms with E-state index in [1.165, 1.54) is 12.4 Å². The minimum absolute atomic E-state index is 0.166. The lowest BCUT2D eigenvalue weighted by Gasteiger charge is -2.32. The third-order valence-corrected chi connectivity index (χ3v) is 5.18. The van der Waals surface area contributed by atoms with Crippen LogP contribution in [0.5, 0.6) is 11.8 Å². The number of carboxylic acid groups (broad SMARTS) is 1. The zero-order valence-corrected chi connectivity index (χ0v) is 16.8. The van der Waals surface area contributed by atoms with Gasteiger partial charge >= 0.3 is 12.0 Å². The molecule has 2 aromatic carbocycles. The smallest absolute Gasteiger partial charge is 0.321 e. The summed E-state index contributed by atoms with van der Waals surface area (Å²) in [5, 5.41) is 11.9. The van der Waals surface area contributed by atoms with Gasteiger partial charge in [-0.25, -0.2) is 9.97 Å². The van der Waals surface area contributed by atoms with E-state index in [0.717, 1.165) is 5.69 Å². The fourth-order valence-electron chi connectivity index (χ4n) is 3.42. The number of rotatable bonds is 6. The summed E-state index contributed by atoms with van der Waals surface area (Å²) in [7, 11) is 0. The monoisotopic (exact) mass is 418 g/mol. The van der Waals surface area contributed by atoms with E-state index in [9.17, 15) is 9.59 Å². The number of hydrogen-bond acceptors (Lipinski definition) is 6. The van der Waals surface area contributed by atoms with Crippen molar-refractivity contribution in [3.63, 3.8) is 0 Å². The maximum absolute atomic E-state index is 12.5. The van der Waals surface area contributed by atoms with E-state index in [1.807, 2.05) is 42.5 Å². The van der Waals surface area contributed by atoms with Gasteiger partial charge in [0.2, 0.25) is 0 Å². The van der Waals surface area contributed by atoms with Gasteiger partial charge in [-0.2, -0.15) is 0 Å². The summed E-state index contributed by atoms with van der Waals surface area (Å²) in [5.41, 5.74) is 1.98. The molecule has 1 aromatic heterocycles. The molecule has 0 bridgehead atoms. The van der Waals surface area contributed by atoms with Crippen molar-refractivity contribution >= 4 is 23.3 Å². The number of anilines is 2. The van der Waals surface area contributed by atoms with Crippen LogP contribution in [0.25, 0.3) is 0 Å². The molecule has 0 unspecified atom stereocenters. The number of benzene rings is 2. The number of carbonyl (C=O) groups excluding carboxylic acids is 1. The number of piperidine rings is 1. The number of aliphatic carboxylic acids is 1. The zero-order chi connectivity index (χ0) is 21.6. The number of ether oxygens (including phenoxy) is 1. The highest BCUT2D eigenvalue weighted by Gasteiger charge is 2.24. The zero-order valence-electron chi connectivity index (χ0n) is 16.8. The Morgan fingerprint density at radius 2 is 1.61 bits per heavy atom. The van der Waals surface area contributed by atoms with E-state index in [4.69, 9.17) is 9.84 Å². The second kappa shape index (κ2) is 9.25. The molecule has 2 N–H and O–H groups in total. The summed E-state index contributed by atoms with van der Waals surface area (Å²) >= 11 is 0. The highest BCUT2D eigenvalue weighted by Crippen LogP contribution is 2.25. The van der Waals surface area contributed by atoms with Crippen molar-refractivity contribution in [1.29, 1.82) is 0 Å². The van der Waals surface area contributed by atoms with Crippen LogP contribution in [0.15, 0.2) is 67.0 Å². The average Bonchev–Trinajstić information content (AvgIpc) is 2.81. The molecule has 0 saturated carbocycles. The van der Waals surface area contributed by atoms with E-state index >= 15 is 0 Å². The van der Waals surface area contributed by atoms with Gasteiger partial charge in [0.25, 0.3) is 5.91 Å². The summed E-state index contributed by atoms with van der Waals surface area (Å²) in [4.78, 5) is 33.9. The van der Waals surface area contributed by atoms with Crippen LogP contribution in [0.1, 0.15) is 23.2 Å². The maximum Gasteiger partial charge on any atom is 0.321 e. The van der Waals surface area contributed by atoms with Gasteiger partial charge in [-0.15, -0.1) is 0 Å². The van der Waals surface area contributed by atoms with Gasteiger partial charge in [0.15, 0.2) is 0 Å². The molecule has 1 saturated heterocycles. The Labute approximate surface area is 179 Å². The van der Waals surface area contributed by atoms with Crippen LogP contribution in [0.2, 0.25) is 0 Å². The number of aromatic nitrogens is 2. The number of carboxylic acids is 1. The number of amides is 1. The Morgan fingerprint density at radius 1 is 0.968 bits per heavy atom. The van der Waals surface area contributed by atoms with E-state index in [-0.39, 0.29) is 17.8 Å². The maximum atomic E-state index is 12.5. The van der Waals surface area contributed by atoms with Crippen LogP contribution in [0.4, 0.5) is 11.4 Å². The number of para-hydroxylation sites is 1. The summed E-state index contributed by atoms with van der Waals surface area (Å²) in [5.74, 6) is -0.684. The number of nitrogens with one attached hydrogen (secondary N) is 1. The molecule has 0 aliphatic carbocycles. The van der Waals surface area contributed by atoms with Gasteiger partial charge in [-0.1, -0.05) is 18.2 Å². The highest BCUT2D eigenvalue weighted by atomic mass is 16.5. The largest absolute Gasteiger partial charge is 0.481 e. The molecule has 158 valence electrons. The minimum atomic E-state index is -0.721. The van der Waals surface area contributed by atoms with Crippen molar-refractivity contribution < 1.29 is 19.4 Å². The first-order chi connectivity index (χ1) is 15.1. The predicted molar refractivity (Wildman–Crippen MR) is 116 cm³/mol. The Bertz CT molecular complexity index is 1030. The first-order valence-electron chi connectivity index (χ1n) is 10.0. The van der Waals surface area contributed by atoms with Crippen LogP contribution in [-0.4, -0.2) is 40.0 Å². The molecular weight excluding hydrogens is 396 g/mol. The molecule has 1 amide bonds. The summed E-state index contributed by atoms with van der Waals surface area (Å²) in [6.45, 7) is 1.41. The molecule has 4 rings (SSSR count). The Balaban J connectivity index is 1.33. The average molecular weight is 418 g/mol. The molecule has 0 atom stereocenters. The van der Waals surface area contributed by atoms with Crippen molar-refractivity contribution in [2.24, 2.45) is 5.92 Å². The quantitative estimate of drug-likeness (QED) is 0.627. The van der Waals surface area contributed by atoms with Crippen LogP contribution in [-0.2, 0) is 4.79 Å². The molecule has 8 nitrogen and oxygen atoms in total. The Hall–Kier alpha value is -3.94. The molecule has 0 spiro atoms. The first kappa shape index (κ1) is 20.3. The second-order valence-corrected chi connectivity index (χ2v) is 7.27. The lowest BCUT2D eigenvalue weighted by Crippen LogP contribution is -2.36. The molecule has 31 heavy (non-hydrogen) atoms. The van der Waals surface area contributed by atoms with Crippen molar-refractivity contribution in [3.8, 4) is 11.8 Å². The Kier molecular flexibility index (Phi) is 6.07. The fourth-order valence-corrected chi connectivity index (χ4v) is 3.42. The normalized spacial score (nSPS) is 14.1. The molecular formula is C23H22N4O4. The standard InChI is InChI=1S/C23H22N4O4/c28-21(17-14-24-23(25-15-17)31-20-4-2-1-3-5-20)26-18-6-8-19(9-7-18)27-12-10-16(11-13-27)22(29)30/h1-9,14-16H,10-13H2,(H,26,28)(H,29,30). The summed E-state index contributed by atoms with van der Waals surface area (Å²) in [6, 6.07) is 16.8. The van der Waals surface area contributed by atoms with Crippen LogP contribution >= 0.6 is 0 Å². The third kappa shape index (κ3) is 5.16. The van der Waals surface area contributed by atoms with E-state index in [2.05, 4.69) is 20.2 Å². The second-order valence-electron chi connectivity index (χ2n) is 7.27. The topological polar surface area (TPSA) is 105 Å². The number of hydrogen-bond donors (Lipinski definition) is 2. The third-order valence-electron chi connectivity index (χ3n) is 5.18. The summed E-state index contributed by atoms with van der Waals surface area (Å²) in [6.07, 6.45) is 4.11. The predicted octanol–water partition coefficient (Wildman–Crippen LogP) is 3.82. The molecule has 0 radical (unpaired) electrons. The molecule has 3 aromatic rings. The highest BCUT2D eigenvalue weighted by molar-refractivity contribution is 6.03. The molecule has 2 heterocycles.